The highest BCUT2D eigenvalue weighted by molar-refractivity contribution is 5.93. The topological polar surface area (TPSA) is 187 Å². The molecule has 4 amide bonds. The summed E-state index contributed by atoms with van der Waals surface area (Å²) in [5, 5.41) is 21.4. The predicted octanol–water partition coefficient (Wildman–Crippen LogP) is 3.83. The number of nitrogens with zero attached hydrogens (tertiary/aromatic N) is 1. The second-order valence-corrected chi connectivity index (χ2v) is 13.3. The number of benzene rings is 3. The molecular weight excluding hydrogens is 662 g/mol. The van der Waals surface area contributed by atoms with Crippen LogP contribution in [0.2, 0.25) is 0 Å². The number of rotatable bonds is 20. The molecule has 3 aromatic carbocycles. The number of carbonyl (C=O) groups excluding carboxylic acids is 4. The van der Waals surface area contributed by atoms with E-state index in [1.165, 1.54) is 6.33 Å². The number of aromatic nitrogens is 2. The molecule has 0 spiro atoms. The summed E-state index contributed by atoms with van der Waals surface area (Å²) in [6, 6.07) is 19.6. The number of hydrogen-bond acceptors (Lipinski definition) is 8. The molecule has 1 unspecified atom stereocenters. The monoisotopic (exact) mass is 713 g/mol. The minimum atomic E-state index is -1.19. The molecule has 52 heavy (non-hydrogen) atoms. The minimum Gasteiger partial charge on any atom is -0.445 e. The molecule has 0 bridgehead atoms. The van der Waals surface area contributed by atoms with Crippen molar-refractivity contribution in [2.75, 3.05) is 6.54 Å². The summed E-state index contributed by atoms with van der Waals surface area (Å²) in [6.07, 6.45) is 3.18. The third kappa shape index (κ3) is 12.8. The van der Waals surface area contributed by atoms with E-state index in [-0.39, 0.29) is 31.8 Å². The van der Waals surface area contributed by atoms with Crippen LogP contribution in [0.5, 0.6) is 0 Å². The third-order valence-electron chi connectivity index (χ3n) is 8.53. The van der Waals surface area contributed by atoms with Crippen LogP contribution in [0.3, 0.4) is 0 Å². The zero-order valence-corrected chi connectivity index (χ0v) is 30.1. The van der Waals surface area contributed by atoms with E-state index < -0.39 is 48.0 Å². The normalized spacial score (nSPS) is 13.5. The molecule has 13 nitrogen and oxygen atoms in total. The number of amides is 4. The maximum Gasteiger partial charge on any atom is 0.408 e. The van der Waals surface area contributed by atoms with E-state index in [2.05, 4.69) is 36.8 Å². The maximum absolute atomic E-state index is 14.1. The van der Waals surface area contributed by atoms with Crippen molar-refractivity contribution in [3.63, 3.8) is 0 Å². The van der Waals surface area contributed by atoms with Gasteiger partial charge in [0.25, 0.3) is 0 Å². The average molecular weight is 714 g/mol. The number of H-pyrrole nitrogens is 1. The quantitative estimate of drug-likeness (QED) is 0.0532. The van der Waals surface area contributed by atoms with E-state index >= 15 is 0 Å². The van der Waals surface area contributed by atoms with Crippen LogP contribution in [0.25, 0.3) is 10.8 Å². The van der Waals surface area contributed by atoms with Gasteiger partial charge in [-0.3, -0.25) is 19.8 Å². The molecule has 0 aliphatic heterocycles. The maximum atomic E-state index is 14.1. The summed E-state index contributed by atoms with van der Waals surface area (Å²) in [6.45, 7) is 6.54. The molecule has 0 aliphatic rings. The molecule has 0 saturated carbocycles. The van der Waals surface area contributed by atoms with Crippen molar-refractivity contribution in [2.24, 2.45) is 5.92 Å². The Morgan fingerprint density at radius 1 is 0.865 bits per heavy atom. The van der Waals surface area contributed by atoms with Crippen LogP contribution in [-0.2, 0) is 38.6 Å². The van der Waals surface area contributed by atoms with E-state index in [1.807, 2.05) is 93.6 Å². The van der Waals surface area contributed by atoms with Crippen molar-refractivity contribution in [3.05, 3.63) is 102 Å². The van der Waals surface area contributed by atoms with Crippen molar-refractivity contribution in [1.29, 1.82) is 0 Å². The Bertz CT molecular complexity index is 1710. The fourth-order valence-electron chi connectivity index (χ4n) is 5.82. The van der Waals surface area contributed by atoms with Gasteiger partial charge in [0, 0.05) is 31.3 Å². The summed E-state index contributed by atoms with van der Waals surface area (Å²) in [5.74, 6) is -1.51. The lowest BCUT2D eigenvalue weighted by Gasteiger charge is -2.29. The summed E-state index contributed by atoms with van der Waals surface area (Å²) >= 11 is 0. The Morgan fingerprint density at radius 2 is 1.58 bits per heavy atom. The average Bonchev–Trinajstić information content (AvgIpc) is 3.65. The summed E-state index contributed by atoms with van der Waals surface area (Å²) < 4.78 is 5.47. The number of imidazole rings is 1. The molecule has 0 saturated heterocycles. The molecule has 278 valence electrons. The van der Waals surface area contributed by atoms with Crippen molar-refractivity contribution in [1.82, 2.24) is 36.8 Å². The Balaban J connectivity index is 1.53. The molecule has 1 aromatic heterocycles. The first-order valence-corrected chi connectivity index (χ1v) is 17.8. The highest BCUT2D eigenvalue weighted by atomic mass is 16.5. The third-order valence-corrected chi connectivity index (χ3v) is 8.53. The highest BCUT2D eigenvalue weighted by Gasteiger charge is 2.32. The standard InChI is InChI=1S/C39H51N7O6/c1-4-5-18-42-46-36(48)22-35(47)32(19-26(2)3)43-38(50)34(21-30-23-40-25-41-30)44-37(49)33(45-39(51)52-24-27-12-7-6-8-13-27)20-29-16-11-15-28-14-9-10-17-31(28)29/h6-17,23,25-26,32-35,42,47H,4-5,18-22,24H2,1-3H3,(H,40,41)(H,43,50)(H,44,49)(H,45,51)(H,46,48)/t32-,33+,34?,35-/m0/s1. The zero-order chi connectivity index (χ0) is 37.3. The second-order valence-electron chi connectivity index (χ2n) is 13.3. The van der Waals surface area contributed by atoms with Crippen LogP contribution in [0.1, 0.15) is 63.3 Å². The first-order chi connectivity index (χ1) is 25.1. The number of hydrogen-bond donors (Lipinski definition) is 7. The van der Waals surface area contributed by atoms with Gasteiger partial charge in [-0.15, -0.1) is 0 Å². The largest absolute Gasteiger partial charge is 0.445 e. The fourth-order valence-corrected chi connectivity index (χ4v) is 5.82. The molecule has 4 atom stereocenters. The van der Waals surface area contributed by atoms with Gasteiger partial charge in [-0.05, 0) is 40.7 Å². The molecule has 0 radical (unpaired) electrons. The van der Waals surface area contributed by atoms with Crippen LogP contribution < -0.4 is 26.8 Å². The van der Waals surface area contributed by atoms with Gasteiger partial charge in [0.15, 0.2) is 0 Å². The Hall–Kier alpha value is -5.27. The van der Waals surface area contributed by atoms with Crippen molar-refractivity contribution in [2.45, 2.75) is 90.1 Å². The molecule has 0 fully saturated rings. The van der Waals surface area contributed by atoms with Crippen LogP contribution >= 0.6 is 0 Å². The first-order valence-electron chi connectivity index (χ1n) is 17.8. The molecule has 0 aliphatic carbocycles. The number of nitrogens with one attached hydrogen (secondary N) is 6. The fraction of sp³-hybridized carbons (Fsp3) is 0.410. The molecule has 4 aromatic rings. The van der Waals surface area contributed by atoms with Crippen LogP contribution in [-0.4, -0.2) is 69.7 Å². The van der Waals surface area contributed by atoms with Gasteiger partial charge in [-0.25, -0.2) is 15.2 Å². The Morgan fingerprint density at radius 3 is 2.31 bits per heavy atom. The number of ether oxygens (including phenoxy) is 1. The number of carbonyl (C=O) groups is 4. The molecule has 4 rings (SSSR count). The molecule has 7 N–H and O–H groups in total. The number of alkyl carbamates (subject to hydrolysis) is 1. The lowest BCUT2D eigenvalue weighted by molar-refractivity contribution is -0.131. The molecular formula is C39H51N7O6. The van der Waals surface area contributed by atoms with E-state index in [0.717, 1.165) is 34.7 Å². The number of hydrazine groups is 1. The first kappa shape index (κ1) is 39.5. The lowest BCUT2D eigenvalue weighted by atomic mass is 9.96. The zero-order valence-electron chi connectivity index (χ0n) is 30.1. The number of aliphatic hydroxyl groups is 1. The van der Waals surface area contributed by atoms with Gasteiger partial charge in [0.2, 0.25) is 17.7 Å². The summed E-state index contributed by atoms with van der Waals surface area (Å²) in [5.41, 5.74) is 7.63. The van der Waals surface area contributed by atoms with Gasteiger partial charge < -0.3 is 30.8 Å². The van der Waals surface area contributed by atoms with Gasteiger partial charge in [-0.2, -0.15) is 0 Å². The van der Waals surface area contributed by atoms with Crippen LogP contribution in [0, 0.1) is 5.92 Å². The number of unbranched alkanes of at least 4 members (excludes halogenated alkanes) is 1. The predicted molar refractivity (Wildman–Crippen MR) is 198 cm³/mol. The van der Waals surface area contributed by atoms with Gasteiger partial charge >= 0.3 is 6.09 Å². The number of fused-ring (bicyclic) bond motifs is 1. The molecule has 1 heterocycles. The van der Waals surface area contributed by atoms with Crippen molar-refractivity contribution in [3.8, 4) is 0 Å². The summed E-state index contributed by atoms with van der Waals surface area (Å²) in [4.78, 5) is 60.8. The van der Waals surface area contributed by atoms with Crippen LogP contribution in [0.4, 0.5) is 4.79 Å². The Labute approximate surface area is 304 Å². The lowest BCUT2D eigenvalue weighted by Crippen LogP contribution is -2.57. The Kier molecular flexibility index (Phi) is 15.6. The minimum absolute atomic E-state index is 0.00647. The smallest absolute Gasteiger partial charge is 0.408 e. The molecule has 13 heteroatoms. The van der Waals surface area contributed by atoms with E-state index in [1.54, 1.807) is 6.20 Å². The van der Waals surface area contributed by atoms with E-state index in [9.17, 15) is 24.3 Å². The SMILES string of the molecule is CCCCNNC(=O)C[C@H](O)[C@H](CC(C)C)NC(=O)C(Cc1cnc[nH]1)NC(=O)[C@@H](Cc1cccc2ccccc12)NC(=O)OCc1ccccc1. The summed E-state index contributed by atoms with van der Waals surface area (Å²) in [7, 11) is 0. The second kappa shape index (κ2) is 20.5. The highest BCUT2D eigenvalue weighted by Crippen LogP contribution is 2.20. The van der Waals surface area contributed by atoms with Gasteiger partial charge in [0.05, 0.1) is 24.9 Å². The van der Waals surface area contributed by atoms with E-state index in [0.29, 0.717) is 18.7 Å². The number of aliphatic hydroxyl groups excluding tert-OH is 1. The van der Waals surface area contributed by atoms with Gasteiger partial charge in [-0.1, -0.05) is 100.0 Å². The number of aromatic amines is 1. The van der Waals surface area contributed by atoms with Crippen molar-refractivity contribution >= 4 is 34.6 Å². The van der Waals surface area contributed by atoms with E-state index in [4.69, 9.17) is 4.74 Å². The van der Waals surface area contributed by atoms with Crippen molar-refractivity contribution < 1.29 is 29.0 Å². The van der Waals surface area contributed by atoms with Crippen LogP contribution in [0.15, 0.2) is 85.3 Å². The van der Waals surface area contributed by atoms with Gasteiger partial charge in [0.1, 0.15) is 18.7 Å².